The number of aromatic nitrogens is 1. The van der Waals surface area contributed by atoms with Crippen molar-refractivity contribution >= 4 is 38.6 Å². The van der Waals surface area contributed by atoms with Gasteiger partial charge >= 0.3 is 6.09 Å². The van der Waals surface area contributed by atoms with Crippen LogP contribution in [0, 0.1) is 0 Å². The summed E-state index contributed by atoms with van der Waals surface area (Å²) in [4.78, 5) is 15.2. The first kappa shape index (κ1) is 10.9. The zero-order valence-electron chi connectivity index (χ0n) is 8.53. The van der Waals surface area contributed by atoms with Crippen LogP contribution in [0.5, 0.6) is 0 Å². The summed E-state index contributed by atoms with van der Waals surface area (Å²) in [6, 6.07) is 7.58. The van der Waals surface area contributed by atoms with E-state index in [2.05, 4.69) is 31.0 Å². The highest BCUT2D eigenvalue weighted by molar-refractivity contribution is 9.10. The first-order valence-electron chi connectivity index (χ1n) is 4.60. The average Bonchev–Trinajstić information content (AvgIpc) is 2.30. The van der Waals surface area contributed by atoms with E-state index in [4.69, 9.17) is 0 Å². The molecule has 0 unspecified atom stereocenters. The lowest BCUT2D eigenvalue weighted by atomic mass is 10.1. The number of nitrogens with one attached hydrogen (secondary N) is 1. The molecule has 82 valence electrons. The maximum Gasteiger partial charge on any atom is 0.412 e. The average molecular weight is 281 g/mol. The van der Waals surface area contributed by atoms with Crippen LogP contribution >= 0.6 is 15.9 Å². The first-order valence-corrected chi connectivity index (χ1v) is 5.40. The van der Waals surface area contributed by atoms with Gasteiger partial charge in [0.15, 0.2) is 0 Å². The highest BCUT2D eigenvalue weighted by Gasteiger charge is 2.07. The van der Waals surface area contributed by atoms with E-state index < -0.39 is 6.09 Å². The van der Waals surface area contributed by atoms with Gasteiger partial charge in [-0.05, 0) is 12.1 Å². The molecule has 4 nitrogen and oxygen atoms in total. The Bertz CT molecular complexity index is 542. The Hall–Kier alpha value is -1.62. The quantitative estimate of drug-likeness (QED) is 0.873. The zero-order chi connectivity index (χ0) is 11.5. The Balaban J connectivity index is 2.54. The second kappa shape index (κ2) is 4.49. The molecule has 1 aromatic carbocycles. The van der Waals surface area contributed by atoms with Gasteiger partial charge in [-0.15, -0.1) is 0 Å². The number of methoxy groups -OCH3 is 1. The number of hydrogen-bond donors (Lipinski definition) is 1. The third kappa shape index (κ3) is 1.99. The third-order valence-corrected chi connectivity index (χ3v) is 2.85. The number of halogens is 1. The van der Waals surface area contributed by atoms with Gasteiger partial charge in [0.1, 0.15) is 5.82 Å². The largest absolute Gasteiger partial charge is 0.453 e. The van der Waals surface area contributed by atoms with Crippen molar-refractivity contribution in [3.8, 4) is 0 Å². The highest BCUT2D eigenvalue weighted by Crippen LogP contribution is 2.27. The van der Waals surface area contributed by atoms with E-state index in [1.54, 1.807) is 6.20 Å². The van der Waals surface area contributed by atoms with Crippen LogP contribution in [0.4, 0.5) is 10.6 Å². The molecule has 0 saturated carbocycles. The van der Waals surface area contributed by atoms with Crippen LogP contribution in [0.15, 0.2) is 34.9 Å². The van der Waals surface area contributed by atoms with Crippen molar-refractivity contribution in [3.63, 3.8) is 0 Å². The summed E-state index contributed by atoms with van der Waals surface area (Å²) in [6.07, 6.45) is 1.11. The molecule has 0 spiro atoms. The predicted molar refractivity (Wildman–Crippen MR) is 65.5 cm³/mol. The van der Waals surface area contributed by atoms with E-state index in [1.165, 1.54) is 7.11 Å². The highest BCUT2D eigenvalue weighted by atomic mass is 79.9. The van der Waals surface area contributed by atoms with Gasteiger partial charge in [-0.25, -0.2) is 9.78 Å². The monoisotopic (exact) mass is 280 g/mol. The number of anilines is 1. The maximum atomic E-state index is 11.1. The standard InChI is InChI=1S/C11H9BrN2O2/c1-16-11(15)14-10-8-3-2-4-9(12)7(8)5-6-13-10/h2-6H,1H3,(H,13,14,15). The molecule has 2 aromatic rings. The molecule has 1 N–H and O–H groups in total. The number of carbonyl (C=O) groups is 1. The van der Waals surface area contributed by atoms with E-state index in [1.807, 2.05) is 24.3 Å². The molecule has 0 bridgehead atoms. The van der Waals surface area contributed by atoms with E-state index in [9.17, 15) is 4.79 Å². The van der Waals surface area contributed by atoms with Crippen molar-refractivity contribution in [1.29, 1.82) is 0 Å². The van der Waals surface area contributed by atoms with Crippen LogP contribution < -0.4 is 5.32 Å². The number of pyridine rings is 1. The van der Waals surface area contributed by atoms with Gasteiger partial charge in [-0.3, -0.25) is 5.32 Å². The number of carbonyl (C=O) groups excluding carboxylic acids is 1. The fourth-order valence-corrected chi connectivity index (χ4v) is 1.91. The first-order chi connectivity index (χ1) is 7.72. The summed E-state index contributed by atoms with van der Waals surface area (Å²) in [5.74, 6) is 0.491. The molecule has 0 aliphatic heterocycles. The van der Waals surface area contributed by atoms with Crippen molar-refractivity contribution in [1.82, 2.24) is 4.98 Å². The summed E-state index contributed by atoms with van der Waals surface area (Å²) in [6.45, 7) is 0. The lowest BCUT2D eigenvalue weighted by Gasteiger charge is -2.07. The zero-order valence-corrected chi connectivity index (χ0v) is 10.1. The Morgan fingerprint density at radius 3 is 2.94 bits per heavy atom. The molecule has 0 saturated heterocycles. The number of fused-ring (bicyclic) bond motifs is 1. The second-order valence-electron chi connectivity index (χ2n) is 3.11. The smallest absolute Gasteiger partial charge is 0.412 e. The molecular weight excluding hydrogens is 272 g/mol. The van der Waals surface area contributed by atoms with Gasteiger partial charge in [0.2, 0.25) is 0 Å². The normalized spacial score (nSPS) is 10.1. The van der Waals surface area contributed by atoms with Crippen LogP contribution in [-0.2, 0) is 4.74 Å². The fraction of sp³-hybridized carbons (Fsp3) is 0.0909. The Morgan fingerprint density at radius 1 is 1.38 bits per heavy atom. The van der Waals surface area contributed by atoms with Gasteiger partial charge in [0.05, 0.1) is 7.11 Å². The number of benzene rings is 1. The Kier molecular flexibility index (Phi) is 3.05. The minimum atomic E-state index is -0.528. The minimum absolute atomic E-state index is 0.491. The van der Waals surface area contributed by atoms with Crippen LogP contribution in [0.2, 0.25) is 0 Å². The number of amides is 1. The summed E-state index contributed by atoms with van der Waals surface area (Å²) < 4.78 is 5.49. The van der Waals surface area contributed by atoms with Crippen molar-refractivity contribution in [3.05, 3.63) is 34.9 Å². The maximum absolute atomic E-state index is 11.1. The molecule has 5 heteroatoms. The van der Waals surface area contributed by atoms with E-state index >= 15 is 0 Å². The van der Waals surface area contributed by atoms with Crippen LogP contribution in [-0.4, -0.2) is 18.2 Å². The summed E-state index contributed by atoms with van der Waals surface area (Å²) in [5, 5.41) is 4.42. The molecule has 0 aliphatic carbocycles. The molecular formula is C11H9BrN2O2. The van der Waals surface area contributed by atoms with Crippen LogP contribution in [0.25, 0.3) is 10.8 Å². The summed E-state index contributed by atoms with van der Waals surface area (Å²) in [7, 11) is 1.32. The SMILES string of the molecule is COC(=O)Nc1nccc2c(Br)cccc12. The van der Waals surface area contributed by atoms with Gasteiger partial charge in [-0.1, -0.05) is 28.1 Å². The number of nitrogens with zero attached hydrogens (tertiary/aromatic N) is 1. The molecule has 1 heterocycles. The number of ether oxygens (including phenoxy) is 1. The molecule has 1 aromatic heterocycles. The lowest BCUT2D eigenvalue weighted by Crippen LogP contribution is -2.12. The molecule has 16 heavy (non-hydrogen) atoms. The molecule has 0 aliphatic rings. The Morgan fingerprint density at radius 2 is 2.19 bits per heavy atom. The van der Waals surface area contributed by atoms with Gasteiger partial charge in [-0.2, -0.15) is 0 Å². The van der Waals surface area contributed by atoms with Crippen LogP contribution in [0.1, 0.15) is 0 Å². The predicted octanol–water partition coefficient (Wildman–Crippen LogP) is 3.18. The van der Waals surface area contributed by atoms with Crippen molar-refractivity contribution < 1.29 is 9.53 Å². The topological polar surface area (TPSA) is 51.2 Å². The van der Waals surface area contributed by atoms with Gasteiger partial charge in [0.25, 0.3) is 0 Å². The number of hydrogen-bond acceptors (Lipinski definition) is 3. The van der Waals surface area contributed by atoms with E-state index in [0.717, 1.165) is 15.2 Å². The second-order valence-corrected chi connectivity index (χ2v) is 3.97. The van der Waals surface area contributed by atoms with Crippen molar-refractivity contribution in [2.45, 2.75) is 0 Å². The number of rotatable bonds is 1. The molecule has 2 rings (SSSR count). The molecule has 0 radical (unpaired) electrons. The fourth-order valence-electron chi connectivity index (χ4n) is 1.42. The van der Waals surface area contributed by atoms with Gasteiger partial charge in [0, 0.05) is 21.4 Å². The molecule has 1 amide bonds. The van der Waals surface area contributed by atoms with Gasteiger partial charge < -0.3 is 4.74 Å². The summed E-state index contributed by atoms with van der Waals surface area (Å²) >= 11 is 3.44. The molecule has 0 atom stereocenters. The molecule has 0 fully saturated rings. The van der Waals surface area contributed by atoms with E-state index in [-0.39, 0.29) is 0 Å². The minimum Gasteiger partial charge on any atom is -0.453 e. The lowest BCUT2D eigenvalue weighted by molar-refractivity contribution is 0.187. The third-order valence-electron chi connectivity index (χ3n) is 2.16. The van der Waals surface area contributed by atoms with Crippen molar-refractivity contribution in [2.75, 3.05) is 12.4 Å². The Labute approximate surface area is 101 Å². The van der Waals surface area contributed by atoms with Crippen molar-refractivity contribution in [2.24, 2.45) is 0 Å². The van der Waals surface area contributed by atoms with Crippen LogP contribution in [0.3, 0.4) is 0 Å². The van der Waals surface area contributed by atoms with E-state index in [0.29, 0.717) is 5.82 Å². The summed E-state index contributed by atoms with van der Waals surface area (Å²) in [5.41, 5.74) is 0.